The van der Waals surface area contributed by atoms with Gasteiger partial charge in [-0.2, -0.15) is 0 Å². The van der Waals surface area contributed by atoms with Crippen LogP contribution in [-0.4, -0.2) is 30.6 Å². The first kappa shape index (κ1) is 12.0. The molecule has 2 heteroatoms. The Morgan fingerprint density at radius 3 is 2.47 bits per heavy atom. The summed E-state index contributed by atoms with van der Waals surface area (Å²) in [7, 11) is 0. The molecule has 2 aliphatic carbocycles. The summed E-state index contributed by atoms with van der Waals surface area (Å²) >= 11 is 0. The van der Waals surface area contributed by atoms with Crippen LogP contribution < -0.4 is 5.73 Å². The highest BCUT2D eigenvalue weighted by Gasteiger charge is 2.33. The number of hydrogen-bond acceptors (Lipinski definition) is 2. The monoisotopic (exact) mass is 236 g/mol. The van der Waals surface area contributed by atoms with Crippen LogP contribution in [0.25, 0.3) is 0 Å². The van der Waals surface area contributed by atoms with Crippen LogP contribution in [0.5, 0.6) is 0 Å². The van der Waals surface area contributed by atoms with Gasteiger partial charge >= 0.3 is 0 Å². The Hall–Kier alpha value is -0.0800. The topological polar surface area (TPSA) is 29.3 Å². The Labute approximate surface area is 106 Å². The Bertz CT molecular complexity index is 253. The van der Waals surface area contributed by atoms with Crippen molar-refractivity contribution in [2.45, 2.75) is 57.4 Å². The van der Waals surface area contributed by atoms with Crippen molar-refractivity contribution in [2.24, 2.45) is 23.5 Å². The molecule has 3 aliphatic rings. The van der Waals surface area contributed by atoms with Gasteiger partial charge in [0, 0.05) is 19.1 Å². The summed E-state index contributed by atoms with van der Waals surface area (Å²) in [4.78, 5) is 2.74. The van der Waals surface area contributed by atoms with E-state index in [-0.39, 0.29) is 0 Å². The second-order valence-electron chi connectivity index (χ2n) is 6.71. The summed E-state index contributed by atoms with van der Waals surface area (Å²) < 4.78 is 0. The van der Waals surface area contributed by atoms with Crippen molar-refractivity contribution in [3.63, 3.8) is 0 Å². The molecule has 1 saturated heterocycles. The lowest BCUT2D eigenvalue weighted by atomic mass is 9.75. The molecule has 2 N–H and O–H groups in total. The minimum atomic E-state index is 0.499. The van der Waals surface area contributed by atoms with E-state index in [4.69, 9.17) is 5.73 Å². The summed E-state index contributed by atoms with van der Waals surface area (Å²) in [6, 6.07) is 0.499. The molecule has 2 nitrogen and oxygen atoms in total. The maximum absolute atomic E-state index is 6.20. The predicted molar refractivity (Wildman–Crippen MR) is 71.8 cm³/mol. The zero-order valence-corrected chi connectivity index (χ0v) is 11.1. The van der Waals surface area contributed by atoms with Gasteiger partial charge in [0.2, 0.25) is 0 Å². The molecule has 3 rings (SSSR count). The van der Waals surface area contributed by atoms with E-state index in [1.807, 2.05) is 0 Å². The third kappa shape index (κ3) is 2.68. The molecule has 0 aromatic heterocycles. The van der Waals surface area contributed by atoms with Gasteiger partial charge in [-0.1, -0.05) is 25.7 Å². The molecule has 1 heterocycles. The van der Waals surface area contributed by atoms with Gasteiger partial charge in [0.05, 0.1) is 0 Å². The molecule has 0 spiro atoms. The maximum atomic E-state index is 6.20. The molecule has 1 aliphatic heterocycles. The average Bonchev–Trinajstić information content (AvgIpc) is 2.75. The van der Waals surface area contributed by atoms with Crippen molar-refractivity contribution in [1.29, 1.82) is 0 Å². The molecule has 0 amide bonds. The van der Waals surface area contributed by atoms with E-state index in [0.717, 1.165) is 17.8 Å². The Balaban J connectivity index is 1.51. The predicted octanol–water partition coefficient (Wildman–Crippen LogP) is 2.63. The lowest BCUT2D eigenvalue weighted by molar-refractivity contribution is 0.0745. The average molecular weight is 236 g/mol. The van der Waals surface area contributed by atoms with Gasteiger partial charge in [-0.3, -0.25) is 0 Å². The van der Waals surface area contributed by atoms with Gasteiger partial charge in [0.1, 0.15) is 0 Å². The summed E-state index contributed by atoms with van der Waals surface area (Å²) in [5.41, 5.74) is 6.20. The Morgan fingerprint density at radius 2 is 1.71 bits per heavy atom. The summed E-state index contributed by atoms with van der Waals surface area (Å²) in [6.45, 7) is 4.03. The molecular weight excluding hydrogens is 208 g/mol. The van der Waals surface area contributed by atoms with Crippen molar-refractivity contribution < 1.29 is 0 Å². The lowest BCUT2D eigenvalue weighted by Gasteiger charge is -2.42. The van der Waals surface area contributed by atoms with Crippen molar-refractivity contribution in [1.82, 2.24) is 4.90 Å². The van der Waals surface area contributed by atoms with Crippen LogP contribution in [0.2, 0.25) is 0 Å². The second-order valence-corrected chi connectivity index (χ2v) is 6.71. The molecule has 0 radical (unpaired) electrons. The molecule has 4 unspecified atom stereocenters. The number of hydrogen-bond donors (Lipinski definition) is 1. The number of nitrogens with zero attached hydrogens (tertiary/aromatic N) is 1. The van der Waals surface area contributed by atoms with Crippen molar-refractivity contribution in [3.05, 3.63) is 0 Å². The molecule has 0 bridgehead atoms. The van der Waals surface area contributed by atoms with Crippen LogP contribution in [0, 0.1) is 17.8 Å². The Morgan fingerprint density at radius 1 is 0.882 bits per heavy atom. The van der Waals surface area contributed by atoms with Gasteiger partial charge in [0.15, 0.2) is 0 Å². The molecule has 0 aromatic carbocycles. The number of likely N-dealkylation sites (tertiary alicyclic amines) is 1. The first-order valence-electron chi connectivity index (χ1n) is 7.81. The highest BCUT2D eigenvalue weighted by atomic mass is 15.1. The standard InChI is InChI=1S/C15H28N2/c16-15-7-3-6-14(15)11-17-9-8-12-4-1-2-5-13(12)10-17/h12-15H,1-11,16H2. The summed E-state index contributed by atoms with van der Waals surface area (Å²) in [6.07, 6.45) is 11.5. The van der Waals surface area contributed by atoms with Crippen LogP contribution >= 0.6 is 0 Å². The largest absolute Gasteiger partial charge is 0.327 e. The lowest BCUT2D eigenvalue weighted by Crippen LogP contribution is -2.45. The first-order valence-corrected chi connectivity index (χ1v) is 7.81. The van der Waals surface area contributed by atoms with Crippen molar-refractivity contribution in [2.75, 3.05) is 19.6 Å². The normalized spacial score (nSPS) is 43.6. The van der Waals surface area contributed by atoms with Gasteiger partial charge < -0.3 is 10.6 Å². The Kier molecular flexibility index (Phi) is 3.72. The molecule has 3 fully saturated rings. The number of piperidine rings is 1. The first-order chi connectivity index (χ1) is 8.33. The van der Waals surface area contributed by atoms with Crippen LogP contribution in [0.15, 0.2) is 0 Å². The van der Waals surface area contributed by atoms with E-state index in [1.54, 1.807) is 0 Å². The zero-order valence-electron chi connectivity index (χ0n) is 11.1. The van der Waals surface area contributed by atoms with Gasteiger partial charge in [-0.25, -0.2) is 0 Å². The van der Waals surface area contributed by atoms with E-state index >= 15 is 0 Å². The van der Waals surface area contributed by atoms with Crippen LogP contribution in [0.3, 0.4) is 0 Å². The second kappa shape index (κ2) is 5.27. The fourth-order valence-electron chi connectivity index (χ4n) is 4.47. The highest BCUT2D eigenvalue weighted by molar-refractivity contribution is 4.87. The van der Waals surface area contributed by atoms with Gasteiger partial charge in [0.25, 0.3) is 0 Å². The number of nitrogens with two attached hydrogens (primary N) is 1. The molecule has 4 atom stereocenters. The van der Waals surface area contributed by atoms with E-state index < -0.39 is 0 Å². The molecule has 98 valence electrons. The van der Waals surface area contributed by atoms with E-state index in [2.05, 4.69) is 4.90 Å². The van der Waals surface area contributed by atoms with Gasteiger partial charge in [-0.15, -0.1) is 0 Å². The SMILES string of the molecule is NC1CCCC1CN1CCC2CCCCC2C1. The minimum Gasteiger partial charge on any atom is -0.327 e. The third-order valence-corrected chi connectivity index (χ3v) is 5.59. The molecule has 2 saturated carbocycles. The molecule has 0 aromatic rings. The number of fused-ring (bicyclic) bond motifs is 1. The van der Waals surface area contributed by atoms with Gasteiger partial charge in [-0.05, 0) is 50.0 Å². The van der Waals surface area contributed by atoms with Crippen LogP contribution in [-0.2, 0) is 0 Å². The third-order valence-electron chi connectivity index (χ3n) is 5.59. The van der Waals surface area contributed by atoms with Crippen LogP contribution in [0.1, 0.15) is 51.4 Å². The fourth-order valence-corrected chi connectivity index (χ4v) is 4.47. The van der Waals surface area contributed by atoms with E-state index in [0.29, 0.717) is 6.04 Å². The smallest absolute Gasteiger partial charge is 0.00793 e. The van der Waals surface area contributed by atoms with E-state index in [9.17, 15) is 0 Å². The summed E-state index contributed by atoms with van der Waals surface area (Å²) in [5, 5.41) is 0. The van der Waals surface area contributed by atoms with E-state index in [1.165, 1.54) is 71.0 Å². The molecular formula is C15H28N2. The molecule has 17 heavy (non-hydrogen) atoms. The van der Waals surface area contributed by atoms with Crippen molar-refractivity contribution >= 4 is 0 Å². The quantitative estimate of drug-likeness (QED) is 0.798. The number of rotatable bonds is 2. The fraction of sp³-hybridized carbons (Fsp3) is 1.00. The summed E-state index contributed by atoms with van der Waals surface area (Å²) in [5.74, 6) is 2.89. The maximum Gasteiger partial charge on any atom is 0.00793 e. The van der Waals surface area contributed by atoms with Crippen LogP contribution in [0.4, 0.5) is 0 Å². The van der Waals surface area contributed by atoms with Crippen molar-refractivity contribution in [3.8, 4) is 0 Å². The minimum absolute atomic E-state index is 0.499. The highest BCUT2D eigenvalue weighted by Crippen LogP contribution is 2.36. The zero-order chi connectivity index (χ0) is 11.7.